The Morgan fingerprint density at radius 1 is 1.50 bits per heavy atom. The van der Waals surface area contributed by atoms with Crippen LogP contribution in [0.25, 0.3) is 0 Å². The van der Waals surface area contributed by atoms with Crippen molar-refractivity contribution < 1.29 is 4.79 Å². The molecule has 0 heterocycles. The van der Waals surface area contributed by atoms with E-state index in [0.717, 1.165) is 11.3 Å². The van der Waals surface area contributed by atoms with Crippen molar-refractivity contribution in [3.63, 3.8) is 0 Å². The van der Waals surface area contributed by atoms with Crippen LogP contribution < -0.4 is 5.32 Å². The van der Waals surface area contributed by atoms with Crippen LogP contribution in [0.3, 0.4) is 0 Å². The third kappa shape index (κ3) is 2.48. The smallest absolute Gasteiger partial charge is 0.221 e. The molecule has 1 amide bonds. The molecule has 2 nitrogen and oxygen atoms in total. The molecule has 0 aliphatic carbocycles. The van der Waals surface area contributed by atoms with E-state index in [1.807, 2.05) is 25.1 Å². The fourth-order valence-corrected chi connectivity index (χ4v) is 1.60. The van der Waals surface area contributed by atoms with Gasteiger partial charge in [-0.05, 0) is 53.3 Å². The highest BCUT2D eigenvalue weighted by Crippen LogP contribution is 2.17. The van der Waals surface area contributed by atoms with Crippen molar-refractivity contribution in [2.45, 2.75) is 13.8 Å². The summed E-state index contributed by atoms with van der Waals surface area (Å²) in [7, 11) is 0. The number of amides is 1. The van der Waals surface area contributed by atoms with Crippen molar-refractivity contribution in [1.29, 1.82) is 0 Å². The lowest BCUT2D eigenvalue weighted by atomic mass is 10.2. The molecule has 12 heavy (non-hydrogen) atoms. The van der Waals surface area contributed by atoms with E-state index in [2.05, 4.69) is 27.9 Å². The number of benzene rings is 1. The number of carbonyl (C=O) groups is 1. The third-order valence-electron chi connectivity index (χ3n) is 1.50. The summed E-state index contributed by atoms with van der Waals surface area (Å²) in [5.74, 6) is -0.0284. The molecular weight excluding hydrogens is 265 g/mol. The number of halogens is 1. The minimum atomic E-state index is -0.0284. The van der Waals surface area contributed by atoms with Crippen molar-refractivity contribution >= 4 is 34.2 Å². The van der Waals surface area contributed by atoms with Gasteiger partial charge in [0.15, 0.2) is 0 Å². The first kappa shape index (κ1) is 9.51. The van der Waals surface area contributed by atoms with Crippen molar-refractivity contribution in [2.24, 2.45) is 0 Å². The zero-order chi connectivity index (χ0) is 9.14. The van der Waals surface area contributed by atoms with E-state index in [-0.39, 0.29) is 5.91 Å². The molecule has 0 bridgehead atoms. The predicted molar refractivity (Wildman–Crippen MR) is 58.2 cm³/mol. The Hall–Kier alpha value is -0.580. The number of nitrogens with one attached hydrogen (secondary N) is 1. The van der Waals surface area contributed by atoms with Crippen LogP contribution in [0.2, 0.25) is 0 Å². The van der Waals surface area contributed by atoms with Crippen LogP contribution >= 0.6 is 22.6 Å². The summed E-state index contributed by atoms with van der Waals surface area (Å²) in [6, 6.07) is 5.92. The summed E-state index contributed by atoms with van der Waals surface area (Å²) in [5, 5.41) is 2.76. The Morgan fingerprint density at radius 2 is 2.17 bits per heavy atom. The predicted octanol–water partition coefficient (Wildman–Crippen LogP) is 2.56. The molecule has 1 N–H and O–H groups in total. The van der Waals surface area contributed by atoms with Gasteiger partial charge in [0.05, 0.1) is 0 Å². The Kier molecular flexibility index (Phi) is 3.08. The minimum Gasteiger partial charge on any atom is -0.326 e. The number of anilines is 1. The fraction of sp³-hybridized carbons (Fsp3) is 0.222. The standard InChI is InChI=1S/C9H10INO/c1-6-5-8(10)3-4-9(6)11-7(2)12/h3-5H,1-2H3,(H,11,12). The molecule has 0 saturated heterocycles. The van der Waals surface area contributed by atoms with Gasteiger partial charge in [-0.2, -0.15) is 0 Å². The van der Waals surface area contributed by atoms with E-state index < -0.39 is 0 Å². The van der Waals surface area contributed by atoms with Crippen LogP contribution in [0.5, 0.6) is 0 Å². The molecule has 1 aromatic carbocycles. The third-order valence-corrected chi connectivity index (χ3v) is 2.17. The average molecular weight is 275 g/mol. The summed E-state index contributed by atoms with van der Waals surface area (Å²) in [5.41, 5.74) is 1.99. The van der Waals surface area contributed by atoms with E-state index in [4.69, 9.17) is 0 Å². The van der Waals surface area contributed by atoms with Gasteiger partial charge in [-0.1, -0.05) is 0 Å². The number of aryl methyl sites for hydroxylation is 1. The van der Waals surface area contributed by atoms with Gasteiger partial charge < -0.3 is 5.32 Å². The van der Waals surface area contributed by atoms with Crippen molar-refractivity contribution in [3.05, 3.63) is 27.3 Å². The Labute approximate surface area is 85.5 Å². The lowest BCUT2D eigenvalue weighted by molar-refractivity contribution is -0.114. The van der Waals surface area contributed by atoms with Gasteiger partial charge in [0.2, 0.25) is 5.91 Å². The van der Waals surface area contributed by atoms with Gasteiger partial charge in [-0.3, -0.25) is 4.79 Å². The molecule has 0 saturated carbocycles. The molecule has 0 aromatic heterocycles. The molecule has 0 radical (unpaired) electrons. The number of carbonyl (C=O) groups excluding carboxylic acids is 1. The van der Waals surface area contributed by atoms with E-state index in [1.54, 1.807) is 0 Å². The van der Waals surface area contributed by atoms with E-state index in [9.17, 15) is 4.79 Å². The maximum Gasteiger partial charge on any atom is 0.221 e. The molecule has 0 aliphatic rings. The van der Waals surface area contributed by atoms with Gasteiger partial charge >= 0.3 is 0 Å². The summed E-state index contributed by atoms with van der Waals surface area (Å²) in [4.78, 5) is 10.7. The molecule has 3 heteroatoms. The Balaban J connectivity index is 2.93. The maximum absolute atomic E-state index is 10.7. The molecule has 0 unspecified atom stereocenters. The quantitative estimate of drug-likeness (QED) is 0.784. The highest BCUT2D eigenvalue weighted by Gasteiger charge is 1.99. The first-order valence-corrected chi connectivity index (χ1v) is 4.71. The van der Waals surface area contributed by atoms with Crippen molar-refractivity contribution in [1.82, 2.24) is 0 Å². The summed E-state index contributed by atoms with van der Waals surface area (Å²) >= 11 is 2.24. The van der Waals surface area contributed by atoms with E-state index in [0.29, 0.717) is 0 Å². The van der Waals surface area contributed by atoms with Gasteiger partial charge in [-0.25, -0.2) is 0 Å². The van der Waals surface area contributed by atoms with Gasteiger partial charge in [-0.15, -0.1) is 0 Å². The highest BCUT2D eigenvalue weighted by molar-refractivity contribution is 14.1. The average Bonchev–Trinajstić information content (AvgIpc) is 1.94. The lowest BCUT2D eigenvalue weighted by Gasteiger charge is -2.05. The molecule has 1 rings (SSSR count). The van der Waals surface area contributed by atoms with Gasteiger partial charge in [0.1, 0.15) is 0 Å². The molecule has 0 atom stereocenters. The monoisotopic (exact) mass is 275 g/mol. The Morgan fingerprint density at radius 3 is 2.67 bits per heavy atom. The number of rotatable bonds is 1. The van der Waals surface area contributed by atoms with Crippen LogP contribution in [0.4, 0.5) is 5.69 Å². The first-order chi connectivity index (χ1) is 5.59. The SMILES string of the molecule is CC(=O)Nc1ccc(I)cc1C. The molecule has 0 fully saturated rings. The minimum absolute atomic E-state index is 0.0284. The highest BCUT2D eigenvalue weighted by atomic mass is 127. The lowest BCUT2D eigenvalue weighted by Crippen LogP contribution is -2.06. The first-order valence-electron chi connectivity index (χ1n) is 3.63. The van der Waals surface area contributed by atoms with Crippen LogP contribution in [0.15, 0.2) is 18.2 Å². The zero-order valence-electron chi connectivity index (χ0n) is 7.02. The van der Waals surface area contributed by atoms with Crippen molar-refractivity contribution in [2.75, 3.05) is 5.32 Å². The second-order valence-electron chi connectivity index (χ2n) is 2.64. The van der Waals surface area contributed by atoms with Crippen LogP contribution in [0, 0.1) is 10.5 Å². The second-order valence-corrected chi connectivity index (χ2v) is 3.89. The second kappa shape index (κ2) is 3.89. The van der Waals surface area contributed by atoms with E-state index in [1.165, 1.54) is 10.5 Å². The summed E-state index contributed by atoms with van der Waals surface area (Å²) < 4.78 is 1.18. The fourth-order valence-electron chi connectivity index (χ4n) is 0.957. The molecule has 0 aliphatic heterocycles. The van der Waals surface area contributed by atoms with Crippen LogP contribution in [-0.2, 0) is 4.79 Å². The molecule has 1 aromatic rings. The van der Waals surface area contributed by atoms with Crippen LogP contribution in [0.1, 0.15) is 12.5 Å². The largest absolute Gasteiger partial charge is 0.326 e. The zero-order valence-corrected chi connectivity index (χ0v) is 9.18. The normalized spacial score (nSPS) is 9.58. The van der Waals surface area contributed by atoms with Gasteiger partial charge in [0, 0.05) is 16.2 Å². The molecule has 64 valence electrons. The van der Waals surface area contributed by atoms with E-state index >= 15 is 0 Å². The van der Waals surface area contributed by atoms with Gasteiger partial charge in [0.25, 0.3) is 0 Å². The van der Waals surface area contributed by atoms with Crippen LogP contribution in [-0.4, -0.2) is 5.91 Å². The summed E-state index contributed by atoms with van der Waals surface area (Å²) in [6.45, 7) is 3.49. The number of hydrogen-bond acceptors (Lipinski definition) is 1. The molecule has 0 spiro atoms. The molecular formula is C9H10INO. The summed E-state index contributed by atoms with van der Waals surface area (Å²) in [6.07, 6.45) is 0. The number of hydrogen-bond donors (Lipinski definition) is 1. The topological polar surface area (TPSA) is 29.1 Å². The van der Waals surface area contributed by atoms with Crippen molar-refractivity contribution in [3.8, 4) is 0 Å². The maximum atomic E-state index is 10.7. The Bertz CT molecular complexity index is 309.